The lowest BCUT2D eigenvalue weighted by Gasteiger charge is -2.09. The van der Waals surface area contributed by atoms with E-state index in [1.807, 2.05) is 24.6 Å². The smallest absolute Gasteiger partial charge is 0.207 e. The fraction of sp³-hybridized carbons (Fsp3) is 0.250. The van der Waals surface area contributed by atoms with Crippen molar-refractivity contribution in [2.24, 2.45) is 0 Å². The van der Waals surface area contributed by atoms with E-state index in [-0.39, 0.29) is 5.82 Å². The van der Waals surface area contributed by atoms with Crippen molar-refractivity contribution in [1.82, 2.24) is 9.55 Å². The molecule has 5 heteroatoms. The summed E-state index contributed by atoms with van der Waals surface area (Å²) in [6.07, 6.45) is 1.95. The van der Waals surface area contributed by atoms with Crippen molar-refractivity contribution in [3.05, 3.63) is 40.4 Å². The van der Waals surface area contributed by atoms with E-state index in [4.69, 9.17) is 0 Å². The Kier molecular flexibility index (Phi) is 3.47. The summed E-state index contributed by atoms with van der Waals surface area (Å²) < 4.78 is 15.9. The molecule has 2 aromatic rings. The molecule has 1 aromatic heterocycles. The van der Waals surface area contributed by atoms with Gasteiger partial charge in [0.05, 0.1) is 11.4 Å². The van der Waals surface area contributed by atoms with Gasteiger partial charge < -0.3 is 9.88 Å². The number of rotatable bonds is 3. The molecule has 0 aliphatic carbocycles. The third-order valence-electron chi connectivity index (χ3n) is 2.41. The van der Waals surface area contributed by atoms with E-state index in [9.17, 15) is 4.39 Å². The molecule has 0 radical (unpaired) electrons. The monoisotopic (exact) mass is 297 g/mol. The molecule has 3 nitrogen and oxygen atoms in total. The highest BCUT2D eigenvalue weighted by atomic mass is 79.9. The van der Waals surface area contributed by atoms with Gasteiger partial charge in [-0.25, -0.2) is 9.37 Å². The maximum absolute atomic E-state index is 13.1. The van der Waals surface area contributed by atoms with Crippen LogP contribution in [-0.4, -0.2) is 9.55 Å². The molecule has 0 saturated carbocycles. The number of hydrogen-bond donors (Lipinski definition) is 1. The topological polar surface area (TPSA) is 29.9 Å². The van der Waals surface area contributed by atoms with Crippen LogP contribution in [0.5, 0.6) is 0 Å². The summed E-state index contributed by atoms with van der Waals surface area (Å²) in [5.41, 5.74) is 1.60. The molecule has 1 aromatic carbocycles. The van der Waals surface area contributed by atoms with Gasteiger partial charge in [0, 0.05) is 17.2 Å². The number of aryl methyl sites for hydroxylation is 2. The highest BCUT2D eigenvalue weighted by molar-refractivity contribution is 9.10. The molecule has 0 unspecified atom stereocenters. The quantitative estimate of drug-likeness (QED) is 0.932. The largest absolute Gasteiger partial charge is 0.324 e. The van der Waals surface area contributed by atoms with Crippen molar-refractivity contribution in [2.45, 2.75) is 20.4 Å². The summed E-state index contributed by atoms with van der Waals surface area (Å²) in [6.45, 7) is 4.78. The Balaban J connectivity index is 2.33. The second kappa shape index (κ2) is 4.87. The molecule has 0 aliphatic rings. The Morgan fingerprint density at radius 1 is 1.47 bits per heavy atom. The molecule has 0 fully saturated rings. The van der Waals surface area contributed by atoms with Gasteiger partial charge in [-0.2, -0.15) is 0 Å². The molecular formula is C12H13BrFN3. The molecule has 90 valence electrons. The Bertz CT molecular complexity index is 537. The van der Waals surface area contributed by atoms with Crippen molar-refractivity contribution in [3.8, 4) is 0 Å². The van der Waals surface area contributed by atoms with Gasteiger partial charge >= 0.3 is 0 Å². The fourth-order valence-corrected chi connectivity index (χ4v) is 1.95. The molecule has 17 heavy (non-hydrogen) atoms. The first-order valence-electron chi connectivity index (χ1n) is 5.36. The SMILES string of the molecule is CCn1cc(C)nc1Nc1cc(F)ccc1Br. The van der Waals surface area contributed by atoms with Crippen LogP contribution in [0.4, 0.5) is 16.0 Å². The molecule has 0 atom stereocenters. The second-order valence-corrected chi connectivity index (χ2v) is 4.60. The molecule has 0 spiro atoms. The average Bonchev–Trinajstić information content (AvgIpc) is 2.64. The van der Waals surface area contributed by atoms with Crippen LogP contribution in [0.3, 0.4) is 0 Å². The summed E-state index contributed by atoms with van der Waals surface area (Å²) in [7, 11) is 0. The van der Waals surface area contributed by atoms with Crippen LogP contribution in [0, 0.1) is 12.7 Å². The maximum atomic E-state index is 13.1. The first kappa shape index (κ1) is 12.1. The van der Waals surface area contributed by atoms with Gasteiger partial charge in [-0.05, 0) is 48.0 Å². The maximum Gasteiger partial charge on any atom is 0.207 e. The Morgan fingerprint density at radius 3 is 2.94 bits per heavy atom. The molecule has 0 aliphatic heterocycles. The van der Waals surface area contributed by atoms with Gasteiger partial charge in [0.2, 0.25) is 5.95 Å². The van der Waals surface area contributed by atoms with Crippen LogP contribution in [-0.2, 0) is 6.54 Å². The average molecular weight is 298 g/mol. The summed E-state index contributed by atoms with van der Waals surface area (Å²) in [5, 5.41) is 3.12. The van der Waals surface area contributed by atoms with Crippen molar-refractivity contribution >= 4 is 27.6 Å². The van der Waals surface area contributed by atoms with Gasteiger partial charge in [-0.3, -0.25) is 0 Å². The van der Waals surface area contributed by atoms with Crippen molar-refractivity contribution in [1.29, 1.82) is 0 Å². The minimum absolute atomic E-state index is 0.276. The van der Waals surface area contributed by atoms with Crippen LogP contribution >= 0.6 is 15.9 Å². The summed E-state index contributed by atoms with van der Waals surface area (Å²) in [6, 6.07) is 4.52. The van der Waals surface area contributed by atoms with E-state index in [1.54, 1.807) is 6.07 Å². The number of imidazole rings is 1. The Hall–Kier alpha value is -1.36. The normalized spacial score (nSPS) is 10.6. The molecule has 0 saturated heterocycles. The van der Waals surface area contributed by atoms with Crippen LogP contribution in [0.15, 0.2) is 28.9 Å². The standard InChI is InChI=1S/C12H13BrFN3/c1-3-17-7-8(2)15-12(17)16-11-6-9(14)4-5-10(11)13/h4-7H,3H2,1-2H3,(H,15,16). The lowest BCUT2D eigenvalue weighted by atomic mass is 10.3. The van der Waals surface area contributed by atoms with Crippen LogP contribution in [0.2, 0.25) is 0 Å². The summed E-state index contributed by atoms with van der Waals surface area (Å²) in [5.74, 6) is 0.443. The minimum atomic E-state index is -0.276. The van der Waals surface area contributed by atoms with Gasteiger partial charge in [-0.15, -0.1) is 0 Å². The van der Waals surface area contributed by atoms with Gasteiger partial charge in [0.15, 0.2) is 0 Å². The first-order chi connectivity index (χ1) is 8.10. The highest BCUT2D eigenvalue weighted by Crippen LogP contribution is 2.26. The predicted octanol–water partition coefficient (Wildman–Crippen LogP) is 3.86. The van der Waals surface area contributed by atoms with Crippen LogP contribution < -0.4 is 5.32 Å². The predicted molar refractivity (Wildman–Crippen MR) is 70.0 cm³/mol. The Labute approximate surface area is 108 Å². The second-order valence-electron chi connectivity index (χ2n) is 3.74. The van der Waals surface area contributed by atoms with E-state index in [1.165, 1.54) is 12.1 Å². The number of halogens is 2. The highest BCUT2D eigenvalue weighted by Gasteiger charge is 2.07. The zero-order chi connectivity index (χ0) is 12.4. The third-order valence-corrected chi connectivity index (χ3v) is 3.10. The summed E-state index contributed by atoms with van der Waals surface area (Å²) in [4.78, 5) is 4.36. The Morgan fingerprint density at radius 2 is 2.24 bits per heavy atom. The van der Waals surface area contributed by atoms with Crippen LogP contribution in [0.1, 0.15) is 12.6 Å². The van der Waals surface area contributed by atoms with E-state index in [0.717, 1.165) is 22.7 Å². The molecule has 1 heterocycles. The van der Waals surface area contributed by atoms with Gasteiger partial charge in [-0.1, -0.05) is 0 Å². The van der Waals surface area contributed by atoms with E-state index in [2.05, 4.69) is 26.2 Å². The van der Waals surface area contributed by atoms with Crippen molar-refractivity contribution in [2.75, 3.05) is 5.32 Å². The molecular weight excluding hydrogens is 285 g/mol. The fourth-order valence-electron chi connectivity index (χ4n) is 1.60. The molecule has 0 bridgehead atoms. The first-order valence-corrected chi connectivity index (χ1v) is 6.15. The number of hydrogen-bond acceptors (Lipinski definition) is 2. The van der Waals surface area contributed by atoms with E-state index < -0.39 is 0 Å². The third kappa shape index (κ3) is 2.66. The van der Waals surface area contributed by atoms with E-state index >= 15 is 0 Å². The minimum Gasteiger partial charge on any atom is -0.324 e. The number of nitrogens with one attached hydrogen (secondary N) is 1. The molecule has 2 rings (SSSR count). The number of benzene rings is 1. The zero-order valence-corrected chi connectivity index (χ0v) is 11.3. The zero-order valence-electron chi connectivity index (χ0n) is 9.67. The van der Waals surface area contributed by atoms with Gasteiger partial charge in [0.25, 0.3) is 0 Å². The lowest BCUT2D eigenvalue weighted by Crippen LogP contribution is -2.02. The van der Waals surface area contributed by atoms with Crippen molar-refractivity contribution in [3.63, 3.8) is 0 Å². The molecule has 0 amide bonds. The number of anilines is 2. The summed E-state index contributed by atoms with van der Waals surface area (Å²) >= 11 is 3.37. The number of nitrogens with zero attached hydrogens (tertiary/aromatic N) is 2. The van der Waals surface area contributed by atoms with Crippen molar-refractivity contribution < 1.29 is 4.39 Å². The molecule has 1 N–H and O–H groups in total. The van der Waals surface area contributed by atoms with Gasteiger partial charge in [0.1, 0.15) is 5.82 Å². The van der Waals surface area contributed by atoms with E-state index in [0.29, 0.717) is 5.69 Å². The van der Waals surface area contributed by atoms with Crippen LogP contribution in [0.25, 0.3) is 0 Å². The number of aromatic nitrogens is 2. The lowest BCUT2D eigenvalue weighted by molar-refractivity contribution is 0.628.